The summed E-state index contributed by atoms with van der Waals surface area (Å²) in [7, 11) is 0. The van der Waals surface area contributed by atoms with Gasteiger partial charge in [-0.15, -0.1) is 11.3 Å². The summed E-state index contributed by atoms with van der Waals surface area (Å²) < 4.78 is 0. The predicted octanol–water partition coefficient (Wildman–Crippen LogP) is 5.73. The Labute approximate surface area is 185 Å². The van der Waals surface area contributed by atoms with Gasteiger partial charge in [-0.2, -0.15) is 0 Å². The minimum Gasteiger partial charge on any atom is -0.301 e. The van der Waals surface area contributed by atoms with Gasteiger partial charge in [0.2, 0.25) is 0 Å². The number of carbonyl (C=O) groups is 1. The van der Waals surface area contributed by atoms with E-state index in [1.54, 1.807) is 11.3 Å². The Balaban J connectivity index is 1.56. The van der Waals surface area contributed by atoms with Gasteiger partial charge in [-0.05, 0) is 67.2 Å². The molecule has 1 aliphatic rings. The van der Waals surface area contributed by atoms with E-state index in [1.165, 1.54) is 27.8 Å². The van der Waals surface area contributed by atoms with Crippen LogP contribution in [0.15, 0.2) is 28.2 Å². The highest BCUT2D eigenvalue weighted by molar-refractivity contribution is 7.99. The van der Waals surface area contributed by atoms with Crippen molar-refractivity contribution in [1.29, 1.82) is 0 Å². The van der Waals surface area contributed by atoms with Crippen molar-refractivity contribution >= 4 is 39.1 Å². The molecule has 0 radical (unpaired) electrons. The zero-order valence-corrected chi connectivity index (χ0v) is 19.9. The van der Waals surface area contributed by atoms with E-state index in [0.29, 0.717) is 16.6 Å². The Morgan fingerprint density at radius 2 is 2.03 bits per heavy atom. The summed E-state index contributed by atoms with van der Waals surface area (Å²) in [5, 5.41) is 1.28. The van der Waals surface area contributed by atoms with Crippen LogP contribution in [0.4, 0.5) is 0 Å². The number of fused-ring (bicyclic) bond motifs is 3. The Morgan fingerprint density at radius 3 is 2.73 bits per heavy atom. The molecule has 0 saturated carbocycles. The molecule has 0 bridgehead atoms. The van der Waals surface area contributed by atoms with Crippen LogP contribution in [0, 0.1) is 25.2 Å². The first-order chi connectivity index (χ1) is 14.1. The summed E-state index contributed by atoms with van der Waals surface area (Å²) in [4.78, 5) is 35.1. The van der Waals surface area contributed by atoms with Gasteiger partial charge in [-0.3, -0.25) is 9.59 Å². The Hall–Kier alpha value is -1.92. The number of ketones is 1. The number of benzene rings is 1. The van der Waals surface area contributed by atoms with Gasteiger partial charge < -0.3 is 4.98 Å². The third-order valence-electron chi connectivity index (χ3n) is 6.29. The lowest BCUT2D eigenvalue weighted by atomic mass is 9.72. The maximum atomic E-state index is 12.8. The monoisotopic (exact) mass is 440 g/mol. The summed E-state index contributed by atoms with van der Waals surface area (Å²) in [6.07, 6.45) is 3.08. The first-order valence-electron chi connectivity index (χ1n) is 10.4. The number of Topliss-reactive ketones (excluding diaryl/α,β-unsaturated/α-hetero) is 1. The molecule has 1 atom stereocenters. The minimum absolute atomic E-state index is 0.0457. The normalized spacial score (nSPS) is 16.6. The number of hydrogen-bond acceptors (Lipinski definition) is 5. The highest BCUT2D eigenvalue weighted by Crippen LogP contribution is 2.42. The van der Waals surface area contributed by atoms with E-state index in [1.807, 2.05) is 32.0 Å². The van der Waals surface area contributed by atoms with Gasteiger partial charge in [0.15, 0.2) is 10.9 Å². The van der Waals surface area contributed by atoms with E-state index >= 15 is 0 Å². The third kappa shape index (κ3) is 4.12. The number of H-pyrrole nitrogens is 1. The quantitative estimate of drug-likeness (QED) is 0.320. The zero-order chi connectivity index (χ0) is 21.6. The number of hydrogen-bond donors (Lipinski definition) is 1. The summed E-state index contributed by atoms with van der Waals surface area (Å²) in [5.74, 6) is 0.930. The topological polar surface area (TPSA) is 62.8 Å². The summed E-state index contributed by atoms with van der Waals surface area (Å²) >= 11 is 2.96. The lowest BCUT2D eigenvalue weighted by Gasteiger charge is -2.33. The number of nitrogens with one attached hydrogen (secondary N) is 1. The Morgan fingerprint density at radius 1 is 1.27 bits per heavy atom. The smallest absolute Gasteiger partial charge is 0.260 e. The number of carbonyl (C=O) groups excluding carboxylic acids is 1. The fourth-order valence-electron chi connectivity index (χ4n) is 4.10. The molecule has 0 spiro atoms. The fourth-order valence-corrected chi connectivity index (χ4v) is 6.22. The van der Waals surface area contributed by atoms with Gasteiger partial charge in [-0.1, -0.05) is 44.7 Å². The van der Waals surface area contributed by atoms with Crippen LogP contribution < -0.4 is 5.56 Å². The average molecular weight is 441 g/mol. The van der Waals surface area contributed by atoms with Crippen molar-refractivity contribution in [2.75, 3.05) is 5.75 Å². The van der Waals surface area contributed by atoms with Crippen LogP contribution in [0.25, 0.3) is 10.2 Å². The van der Waals surface area contributed by atoms with Crippen molar-refractivity contribution in [3.8, 4) is 0 Å². The Kier molecular flexibility index (Phi) is 5.66. The Bertz CT molecular complexity index is 1180. The van der Waals surface area contributed by atoms with Crippen molar-refractivity contribution in [1.82, 2.24) is 9.97 Å². The lowest BCUT2D eigenvalue weighted by Crippen LogP contribution is -2.26. The molecule has 0 saturated heterocycles. The molecule has 4 rings (SSSR count). The van der Waals surface area contributed by atoms with E-state index in [4.69, 9.17) is 4.98 Å². The highest BCUT2D eigenvalue weighted by Gasteiger charge is 2.31. The minimum atomic E-state index is -0.0761. The van der Waals surface area contributed by atoms with Crippen molar-refractivity contribution in [2.45, 2.75) is 59.0 Å². The predicted molar refractivity (Wildman–Crippen MR) is 126 cm³/mol. The van der Waals surface area contributed by atoms with Crippen molar-refractivity contribution in [3.05, 3.63) is 55.7 Å². The SMILES string of the molecule is Cc1ccc(C(=O)CSc2nc3sc4c(c3c(=O)[nH]2)CCC(C(C)(C)C)C4)cc1C. The lowest BCUT2D eigenvalue weighted by molar-refractivity contribution is 0.102. The molecule has 6 heteroatoms. The molecular weight excluding hydrogens is 412 g/mol. The molecule has 0 amide bonds. The van der Waals surface area contributed by atoms with E-state index in [2.05, 4.69) is 25.8 Å². The molecule has 1 unspecified atom stereocenters. The highest BCUT2D eigenvalue weighted by atomic mass is 32.2. The van der Waals surface area contributed by atoms with Crippen molar-refractivity contribution in [3.63, 3.8) is 0 Å². The van der Waals surface area contributed by atoms with Gasteiger partial charge >= 0.3 is 0 Å². The molecule has 30 heavy (non-hydrogen) atoms. The van der Waals surface area contributed by atoms with E-state index in [-0.39, 0.29) is 22.5 Å². The van der Waals surface area contributed by atoms with Gasteiger partial charge in [-0.25, -0.2) is 4.98 Å². The van der Waals surface area contributed by atoms with Gasteiger partial charge in [0.1, 0.15) is 4.83 Å². The summed E-state index contributed by atoms with van der Waals surface area (Å²) in [6, 6.07) is 5.76. The second-order valence-corrected chi connectivity index (χ2v) is 11.4. The molecule has 0 aliphatic heterocycles. The number of thioether (sulfide) groups is 1. The molecule has 1 aliphatic carbocycles. The van der Waals surface area contributed by atoms with E-state index in [0.717, 1.165) is 35.0 Å². The van der Waals surface area contributed by atoms with E-state index < -0.39 is 0 Å². The number of rotatable bonds is 4. The molecule has 2 aromatic heterocycles. The molecule has 0 fully saturated rings. The van der Waals surface area contributed by atoms with Crippen LogP contribution in [0.3, 0.4) is 0 Å². The molecule has 3 aromatic rings. The number of aromatic amines is 1. The second-order valence-electron chi connectivity index (χ2n) is 9.37. The second kappa shape index (κ2) is 7.97. The zero-order valence-electron chi connectivity index (χ0n) is 18.2. The average Bonchev–Trinajstić information content (AvgIpc) is 3.05. The number of aryl methyl sites for hydroxylation is 3. The molecule has 1 aromatic carbocycles. The largest absolute Gasteiger partial charge is 0.301 e. The number of thiophene rings is 1. The molecular formula is C24H28N2O2S2. The fraction of sp³-hybridized carbons (Fsp3) is 0.458. The van der Waals surface area contributed by atoms with Crippen molar-refractivity contribution in [2.24, 2.45) is 11.3 Å². The molecule has 2 heterocycles. The third-order valence-corrected chi connectivity index (χ3v) is 8.31. The number of nitrogens with zero attached hydrogens (tertiary/aromatic N) is 1. The van der Waals surface area contributed by atoms with Crippen LogP contribution in [0.5, 0.6) is 0 Å². The van der Waals surface area contributed by atoms with E-state index in [9.17, 15) is 9.59 Å². The standard InChI is InChI=1S/C24H28N2O2S2/c1-13-6-7-15(10-14(13)2)18(27)12-29-23-25-21(28)20-17-9-8-16(24(3,4)5)11-19(17)30-22(20)26-23/h6-7,10,16H,8-9,11-12H2,1-5H3,(H,25,26,28). The maximum absolute atomic E-state index is 12.8. The van der Waals surface area contributed by atoms with Gasteiger partial charge in [0, 0.05) is 10.4 Å². The summed E-state index contributed by atoms with van der Waals surface area (Å²) in [6.45, 7) is 10.9. The first kappa shape index (κ1) is 21.3. The van der Waals surface area contributed by atoms with Crippen molar-refractivity contribution < 1.29 is 4.79 Å². The molecule has 4 nitrogen and oxygen atoms in total. The maximum Gasteiger partial charge on any atom is 0.260 e. The van der Waals surface area contributed by atoms with Crippen LogP contribution >= 0.6 is 23.1 Å². The van der Waals surface area contributed by atoms with Crippen LogP contribution in [0.2, 0.25) is 0 Å². The first-order valence-corrected chi connectivity index (χ1v) is 12.2. The van der Waals surface area contributed by atoms with Crippen LogP contribution in [-0.2, 0) is 12.8 Å². The number of aromatic nitrogens is 2. The van der Waals surface area contributed by atoms with Crippen LogP contribution in [-0.4, -0.2) is 21.5 Å². The molecule has 158 valence electrons. The van der Waals surface area contributed by atoms with Gasteiger partial charge in [0.05, 0.1) is 11.1 Å². The van der Waals surface area contributed by atoms with Crippen LogP contribution in [0.1, 0.15) is 59.1 Å². The van der Waals surface area contributed by atoms with Gasteiger partial charge in [0.25, 0.3) is 5.56 Å². The summed E-state index contributed by atoms with van der Waals surface area (Å²) in [5.41, 5.74) is 4.36. The molecule has 1 N–H and O–H groups in total.